The van der Waals surface area contributed by atoms with Crippen LogP contribution in [0.2, 0.25) is 5.02 Å². The number of hydrogen-bond acceptors (Lipinski definition) is 2. The molecule has 0 unspecified atom stereocenters. The number of carbonyl (C=O) groups is 1. The number of benzene rings is 3. The second-order valence-electron chi connectivity index (χ2n) is 6.72. The van der Waals surface area contributed by atoms with Crippen LogP contribution in [0.4, 0.5) is 23.2 Å². The number of piperazine rings is 1. The molecule has 0 radical (unpaired) electrons. The highest BCUT2D eigenvalue weighted by molar-refractivity contribution is 6.31. The van der Waals surface area contributed by atoms with Gasteiger partial charge in [-0.05, 0) is 16.8 Å². The Morgan fingerprint density at radius 2 is 1.38 bits per heavy atom. The van der Waals surface area contributed by atoms with Crippen LogP contribution >= 0.6 is 11.6 Å². The predicted molar refractivity (Wildman–Crippen MR) is 103 cm³/mol. The van der Waals surface area contributed by atoms with Crippen molar-refractivity contribution in [2.75, 3.05) is 31.1 Å². The Morgan fingerprint density at radius 3 is 2.03 bits per heavy atom. The molecule has 3 aromatic carbocycles. The summed E-state index contributed by atoms with van der Waals surface area (Å²) in [4.78, 5) is 15.7. The fourth-order valence-electron chi connectivity index (χ4n) is 3.59. The van der Waals surface area contributed by atoms with E-state index < -0.39 is 34.0 Å². The van der Waals surface area contributed by atoms with E-state index in [0.717, 1.165) is 10.8 Å². The third-order valence-electron chi connectivity index (χ3n) is 5.09. The number of rotatable bonds is 2. The van der Waals surface area contributed by atoms with Crippen molar-refractivity contribution in [3.63, 3.8) is 0 Å². The molecular formula is C21H15ClF4N2O. The minimum Gasteiger partial charge on any atom is -0.363 e. The number of hydrogen-bond donors (Lipinski definition) is 0. The molecule has 1 amide bonds. The lowest BCUT2D eigenvalue weighted by atomic mass is 10.0. The lowest BCUT2D eigenvalue weighted by Gasteiger charge is -2.36. The molecule has 1 aliphatic heterocycles. The summed E-state index contributed by atoms with van der Waals surface area (Å²) in [6.45, 7) is 0.329. The van der Waals surface area contributed by atoms with Crippen LogP contribution in [0.1, 0.15) is 10.4 Å². The number of carbonyl (C=O) groups excluding carboxylic acids is 1. The monoisotopic (exact) mass is 422 g/mol. The Morgan fingerprint density at radius 1 is 0.793 bits per heavy atom. The zero-order valence-electron chi connectivity index (χ0n) is 15.1. The molecule has 0 atom stereocenters. The zero-order chi connectivity index (χ0) is 20.7. The van der Waals surface area contributed by atoms with Crippen LogP contribution < -0.4 is 4.90 Å². The quantitative estimate of drug-likeness (QED) is 0.329. The van der Waals surface area contributed by atoms with Gasteiger partial charge in [0, 0.05) is 31.7 Å². The van der Waals surface area contributed by atoms with Gasteiger partial charge >= 0.3 is 0 Å². The van der Waals surface area contributed by atoms with Crippen LogP contribution in [-0.4, -0.2) is 37.0 Å². The first-order valence-corrected chi connectivity index (χ1v) is 9.31. The van der Waals surface area contributed by atoms with Crippen LogP contribution in [0.25, 0.3) is 10.8 Å². The maximum atomic E-state index is 14.2. The van der Waals surface area contributed by atoms with E-state index >= 15 is 0 Å². The average Bonchev–Trinajstić information content (AvgIpc) is 2.76. The third kappa shape index (κ3) is 3.29. The number of anilines is 1. The molecule has 150 valence electrons. The zero-order valence-corrected chi connectivity index (χ0v) is 15.8. The van der Waals surface area contributed by atoms with Gasteiger partial charge in [0.05, 0.1) is 0 Å². The van der Waals surface area contributed by atoms with Crippen molar-refractivity contribution in [1.82, 2.24) is 4.90 Å². The van der Waals surface area contributed by atoms with E-state index in [1.807, 2.05) is 30.3 Å². The van der Waals surface area contributed by atoms with Gasteiger partial charge in [-0.15, -0.1) is 0 Å². The van der Waals surface area contributed by atoms with Crippen LogP contribution in [0.3, 0.4) is 0 Å². The predicted octanol–water partition coefficient (Wildman–Crippen LogP) is 5.01. The summed E-state index contributed by atoms with van der Waals surface area (Å²) < 4.78 is 55.9. The molecule has 0 aliphatic carbocycles. The van der Waals surface area contributed by atoms with Crippen LogP contribution in [0.15, 0.2) is 42.5 Å². The van der Waals surface area contributed by atoms with E-state index in [4.69, 9.17) is 11.6 Å². The van der Waals surface area contributed by atoms with E-state index in [9.17, 15) is 22.4 Å². The molecule has 8 heteroatoms. The molecule has 0 N–H and O–H groups in total. The Labute approximate surface area is 169 Å². The van der Waals surface area contributed by atoms with Crippen LogP contribution in [0.5, 0.6) is 0 Å². The maximum absolute atomic E-state index is 14.2. The first-order valence-electron chi connectivity index (χ1n) is 8.93. The highest BCUT2D eigenvalue weighted by atomic mass is 35.5. The van der Waals surface area contributed by atoms with Gasteiger partial charge in [0.15, 0.2) is 23.3 Å². The van der Waals surface area contributed by atoms with Crippen molar-refractivity contribution < 1.29 is 22.4 Å². The normalized spacial score (nSPS) is 14.5. The van der Waals surface area contributed by atoms with E-state index in [2.05, 4.69) is 0 Å². The molecule has 0 bridgehead atoms. The third-order valence-corrected chi connectivity index (χ3v) is 5.42. The van der Waals surface area contributed by atoms with Gasteiger partial charge in [-0.3, -0.25) is 4.79 Å². The molecule has 0 saturated carbocycles. The molecule has 1 heterocycles. The minimum absolute atomic E-state index is 0.0187. The van der Waals surface area contributed by atoms with Crippen molar-refractivity contribution in [3.05, 3.63) is 76.3 Å². The smallest absolute Gasteiger partial charge is 0.254 e. The molecule has 1 aliphatic rings. The molecule has 29 heavy (non-hydrogen) atoms. The summed E-state index contributed by atoms with van der Waals surface area (Å²) in [5.41, 5.74) is -0.279. The van der Waals surface area contributed by atoms with Gasteiger partial charge in [0.25, 0.3) is 5.91 Å². The molecule has 0 spiro atoms. The lowest BCUT2D eigenvalue weighted by molar-refractivity contribution is 0.0748. The molecule has 1 saturated heterocycles. The van der Waals surface area contributed by atoms with Gasteiger partial charge in [0.2, 0.25) is 0 Å². The van der Waals surface area contributed by atoms with Crippen molar-refractivity contribution in [3.8, 4) is 0 Å². The van der Waals surface area contributed by atoms with Crippen LogP contribution in [0, 0.1) is 23.3 Å². The van der Waals surface area contributed by atoms with Crippen molar-refractivity contribution in [1.29, 1.82) is 0 Å². The topological polar surface area (TPSA) is 23.6 Å². The summed E-state index contributed by atoms with van der Waals surface area (Å²) in [6.07, 6.45) is 0. The fourth-order valence-corrected chi connectivity index (χ4v) is 3.75. The second kappa shape index (κ2) is 7.55. The van der Waals surface area contributed by atoms with Gasteiger partial charge in [-0.1, -0.05) is 48.0 Å². The van der Waals surface area contributed by atoms with E-state index in [0.29, 0.717) is 5.56 Å². The van der Waals surface area contributed by atoms with E-state index in [-0.39, 0.29) is 32.1 Å². The Hall–Kier alpha value is -2.80. The van der Waals surface area contributed by atoms with Crippen molar-refractivity contribution in [2.24, 2.45) is 0 Å². The highest BCUT2D eigenvalue weighted by Gasteiger charge is 2.31. The molecule has 3 nitrogen and oxygen atoms in total. The number of amides is 1. The summed E-state index contributed by atoms with van der Waals surface area (Å²) in [7, 11) is 0. The molecular weight excluding hydrogens is 408 g/mol. The molecule has 4 rings (SSSR count). The standard InChI is InChI=1S/C21H15ClF4N2O/c22-15-16(23)18(25)20(19(26)17(15)24)27-8-10-28(11-9-27)21(29)14-7-3-5-12-4-1-2-6-13(12)14/h1-7H,8-11H2. The molecule has 0 aromatic heterocycles. The van der Waals surface area contributed by atoms with E-state index in [1.165, 1.54) is 4.90 Å². The van der Waals surface area contributed by atoms with Gasteiger partial charge in [0.1, 0.15) is 10.7 Å². The fraction of sp³-hybridized carbons (Fsp3) is 0.190. The largest absolute Gasteiger partial charge is 0.363 e. The maximum Gasteiger partial charge on any atom is 0.254 e. The number of fused-ring (bicyclic) bond motifs is 1. The highest BCUT2D eigenvalue weighted by Crippen LogP contribution is 2.34. The second-order valence-corrected chi connectivity index (χ2v) is 7.10. The average molecular weight is 423 g/mol. The number of halogens is 5. The minimum atomic E-state index is -1.63. The summed E-state index contributed by atoms with van der Waals surface area (Å²) in [5, 5.41) is 0.517. The Balaban J connectivity index is 1.57. The lowest BCUT2D eigenvalue weighted by Crippen LogP contribution is -2.49. The van der Waals surface area contributed by atoms with Gasteiger partial charge in [-0.25, -0.2) is 17.6 Å². The van der Waals surface area contributed by atoms with Crippen LogP contribution in [-0.2, 0) is 0 Å². The molecule has 3 aromatic rings. The van der Waals surface area contributed by atoms with Crippen molar-refractivity contribution >= 4 is 34.0 Å². The van der Waals surface area contributed by atoms with Crippen molar-refractivity contribution in [2.45, 2.75) is 0 Å². The first kappa shape index (κ1) is 19.5. The molecule has 1 fully saturated rings. The summed E-state index contributed by atoms with van der Waals surface area (Å²) >= 11 is 5.28. The van der Waals surface area contributed by atoms with Gasteiger partial charge in [-0.2, -0.15) is 0 Å². The summed E-state index contributed by atoms with van der Waals surface area (Å²) in [5.74, 6) is -6.55. The first-order chi connectivity index (χ1) is 13.9. The Bertz CT molecular complexity index is 1080. The van der Waals surface area contributed by atoms with E-state index in [1.54, 1.807) is 17.0 Å². The number of nitrogens with zero attached hydrogens (tertiary/aromatic N) is 2. The van der Waals surface area contributed by atoms with Gasteiger partial charge < -0.3 is 9.80 Å². The summed E-state index contributed by atoms with van der Waals surface area (Å²) in [6, 6.07) is 12.9. The Kier molecular flexibility index (Phi) is 5.08. The SMILES string of the molecule is O=C(c1cccc2ccccc12)N1CCN(c2c(F)c(F)c(Cl)c(F)c2F)CC1.